The molecule has 36 heavy (non-hydrogen) atoms. The molecule has 6 nitrogen and oxygen atoms in total. The Labute approximate surface area is 212 Å². The Bertz CT molecular complexity index is 1390. The first-order valence-electron chi connectivity index (χ1n) is 12.1. The summed E-state index contributed by atoms with van der Waals surface area (Å²) >= 11 is 0. The van der Waals surface area contributed by atoms with E-state index in [0.29, 0.717) is 6.61 Å². The van der Waals surface area contributed by atoms with E-state index in [-0.39, 0.29) is 20.2 Å². The Hall–Kier alpha value is -3.48. The van der Waals surface area contributed by atoms with Crippen molar-refractivity contribution in [2.24, 2.45) is 0 Å². The highest BCUT2D eigenvalue weighted by Gasteiger charge is 2.35. The second-order valence-electron chi connectivity index (χ2n) is 9.29. The summed E-state index contributed by atoms with van der Waals surface area (Å²) in [7, 11) is 3.38. The van der Waals surface area contributed by atoms with E-state index < -0.39 is 0 Å². The summed E-state index contributed by atoms with van der Waals surface area (Å²) in [5, 5.41) is 11.3. The number of nitrogens with zero attached hydrogens (tertiary/aromatic N) is 2. The Balaban J connectivity index is 0.00000267. The monoisotopic (exact) mass is 486 g/mol. The van der Waals surface area contributed by atoms with Crippen molar-refractivity contribution in [1.29, 1.82) is 0 Å². The van der Waals surface area contributed by atoms with E-state index in [1.54, 1.807) is 14.2 Å². The summed E-state index contributed by atoms with van der Waals surface area (Å²) < 4.78 is 19.4. The first-order valence-corrected chi connectivity index (χ1v) is 12.1. The smallest absolute Gasteiger partial charge is 0.161 e. The van der Waals surface area contributed by atoms with Gasteiger partial charge in [0, 0.05) is 30.2 Å². The largest absolute Gasteiger partial charge is 0.497 e. The number of aliphatic hydroxyl groups excluding tert-OH is 1. The molecule has 0 fully saturated rings. The van der Waals surface area contributed by atoms with Crippen LogP contribution in [0.25, 0.3) is 10.9 Å². The summed E-state index contributed by atoms with van der Waals surface area (Å²) in [5.74, 6) is 2.36. The van der Waals surface area contributed by atoms with E-state index >= 15 is 0 Å². The van der Waals surface area contributed by atoms with Gasteiger partial charge in [-0.15, -0.1) is 0 Å². The summed E-state index contributed by atoms with van der Waals surface area (Å²) in [6.07, 6.45) is 1.88. The molecule has 3 heterocycles. The molecule has 4 aromatic rings. The summed E-state index contributed by atoms with van der Waals surface area (Å²) in [6, 6.07) is 21.0. The van der Waals surface area contributed by atoms with Gasteiger partial charge >= 0.3 is 0 Å². The van der Waals surface area contributed by atoms with E-state index in [1.165, 1.54) is 27.8 Å². The fourth-order valence-corrected chi connectivity index (χ4v) is 5.77. The molecule has 3 aromatic carbocycles. The minimum absolute atomic E-state index is 0. The first kappa shape index (κ1) is 24.2. The molecular weight excluding hydrogens is 452 g/mol. The molecule has 2 aliphatic rings. The highest BCUT2D eigenvalue weighted by molar-refractivity contribution is 5.86. The van der Waals surface area contributed by atoms with Gasteiger partial charge in [-0.1, -0.05) is 37.8 Å². The first-order chi connectivity index (χ1) is 17.2. The van der Waals surface area contributed by atoms with Crippen LogP contribution in [0.5, 0.6) is 17.2 Å². The molecule has 1 unspecified atom stereocenters. The number of hydrogen-bond donors (Lipinski definition) is 1. The Morgan fingerprint density at radius 3 is 2.64 bits per heavy atom. The minimum Gasteiger partial charge on any atom is -0.497 e. The summed E-state index contributed by atoms with van der Waals surface area (Å²) in [4.78, 5) is 2.53. The lowest BCUT2D eigenvalue weighted by molar-refractivity contribution is 0.145. The average molecular weight is 487 g/mol. The number of para-hydroxylation sites is 1. The number of aromatic nitrogens is 1. The molecule has 1 atom stereocenters. The number of aliphatic hydroxyl groups is 1. The minimum atomic E-state index is 0. The zero-order valence-corrected chi connectivity index (χ0v) is 20.2. The average Bonchev–Trinajstić information content (AvgIpc) is 3.22. The fraction of sp³-hybridized carbons (Fsp3) is 0.333. The van der Waals surface area contributed by atoms with Crippen LogP contribution >= 0.6 is 0 Å². The quantitative estimate of drug-likeness (QED) is 0.391. The fourth-order valence-electron chi connectivity index (χ4n) is 5.77. The van der Waals surface area contributed by atoms with Crippen molar-refractivity contribution in [1.82, 2.24) is 9.47 Å². The van der Waals surface area contributed by atoms with Crippen molar-refractivity contribution < 1.29 is 19.3 Å². The van der Waals surface area contributed by atoms with Gasteiger partial charge in [-0.2, -0.15) is 0 Å². The number of ether oxygens (including phenoxy) is 3. The lowest BCUT2D eigenvalue weighted by atomic mass is 9.85. The molecule has 2 aliphatic heterocycles. The van der Waals surface area contributed by atoms with E-state index in [1.807, 2.05) is 30.3 Å². The summed E-state index contributed by atoms with van der Waals surface area (Å²) in [5.41, 5.74) is 7.38. The van der Waals surface area contributed by atoms with E-state index in [0.717, 1.165) is 54.3 Å². The number of fused-ring (bicyclic) bond motifs is 6. The highest BCUT2D eigenvalue weighted by atomic mass is 16.5. The molecule has 0 aliphatic carbocycles. The molecule has 0 saturated carbocycles. The van der Waals surface area contributed by atoms with E-state index in [2.05, 4.69) is 39.8 Å². The molecule has 0 saturated heterocycles. The predicted molar refractivity (Wildman–Crippen MR) is 142 cm³/mol. The third kappa shape index (κ3) is 4.00. The van der Waals surface area contributed by atoms with E-state index in [9.17, 15) is 5.11 Å². The van der Waals surface area contributed by atoms with Gasteiger partial charge < -0.3 is 23.9 Å². The maximum absolute atomic E-state index is 10.1. The van der Waals surface area contributed by atoms with Crippen LogP contribution in [0.1, 0.15) is 41.4 Å². The van der Waals surface area contributed by atoms with Gasteiger partial charge in [0.25, 0.3) is 0 Å². The maximum Gasteiger partial charge on any atom is 0.161 e. The maximum atomic E-state index is 10.1. The third-order valence-corrected chi connectivity index (χ3v) is 7.51. The Kier molecular flexibility index (Phi) is 6.65. The van der Waals surface area contributed by atoms with E-state index in [4.69, 9.17) is 14.2 Å². The van der Waals surface area contributed by atoms with Crippen LogP contribution in [-0.4, -0.2) is 35.3 Å². The van der Waals surface area contributed by atoms with Crippen LogP contribution < -0.4 is 14.2 Å². The van der Waals surface area contributed by atoms with Crippen molar-refractivity contribution >= 4 is 10.9 Å². The number of methoxy groups -OCH3 is 2. The molecule has 0 amide bonds. The molecule has 0 bridgehead atoms. The van der Waals surface area contributed by atoms with Gasteiger partial charge in [0.05, 0.1) is 19.7 Å². The second kappa shape index (κ2) is 9.88. The molecule has 6 heteroatoms. The molecule has 0 radical (unpaired) electrons. The van der Waals surface area contributed by atoms with Crippen LogP contribution in [0, 0.1) is 0 Å². The van der Waals surface area contributed by atoms with Crippen LogP contribution in [0.3, 0.4) is 0 Å². The predicted octanol–water partition coefficient (Wildman–Crippen LogP) is 5.48. The Morgan fingerprint density at radius 1 is 0.972 bits per heavy atom. The van der Waals surface area contributed by atoms with Crippen LogP contribution in [0.15, 0.2) is 60.7 Å². The molecule has 1 N–H and O–H groups in total. The number of benzene rings is 3. The topological polar surface area (TPSA) is 56.1 Å². The standard InChI is InChI=1S/C29H30N2O4.CH4/c1-33-21-7-5-6-19(12-21)17-35-29-13-20-10-11-30-16-27-24(14-26(30)23(20)15-28(29)34-2)22-8-3-4-9-25(22)31(27)18-32;/h3-9,12-13,15,26,32H,10-11,14,16-18H2,1-2H3;1H4. The van der Waals surface area contributed by atoms with Crippen molar-refractivity contribution in [3.63, 3.8) is 0 Å². The number of rotatable bonds is 6. The van der Waals surface area contributed by atoms with Gasteiger partial charge in [-0.3, -0.25) is 4.90 Å². The van der Waals surface area contributed by atoms with Crippen molar-refractivity contribution in [2.45, 2.75) is 46.2 Å². The van der Waals surface area contributed by atoms with Gasteiger partial charge in [-0.25, -0.2) is 0 Å². The second-order valence-corrected chi connectivity index (χ2v) is 9.29. The Morgan fingerprint density at radius 2 is 1.83 bits per heavy atom. The zero-order valence-electron chi connectivity index (χ0n) is 20.2. The molecule has 188 valence electrons. The molecule has 0 spiro atoms. The third-order valence-electron chi connectivity index (χ3n) is 7.51. The number of hydrogen-bond acceptors (Lipinski definition) is 5. The van der Waals surface area contributed by atoms with Gasteiger partial charge in [-0.05, 0) is 65.4 Å². The normalized spacial score (nSPS) is 16.5. The SMILES string of the molecule is C.COc1cccc(COc2cc3c(cc2OC)C2Cc4c(n(CO)c5ccccc45)CN2CC3)c1. The van der Waals surface area contributed by atoms with Gasteiger partial charge in [0.1, 0.15) is 19.1 Å². The van der Waals surface area contributed by atoms with Crippen molar-refractivity contribution in [2.75, 3.05) is 20.8 Å². The lowest BCUT2D eigenvalue weighted by Crippen LogP contribution is -2.39. The van der Waals surface area contributed by atoms with Crippen LogP contribution in [0.2, 0.25) is 0 Å². The van der Waals surface area contributed by atoms with Crippen molar-refractivity contribution in [3.05, 3.63) is 88.6 Å². The van der Waals surface area contributed by atoms with Crippen LogP contribution in [0.4, 0.5) is 0 Å². The van der Waals surface area contributed by atoms with Gasteiger partial charge in [0.2, 0.25) is 0 Å². The lowest BCUT2D eigenvalue weighted by Gasteiger charge is -2.41. The van der Waals surface area contributed by atoms with Crippen LogP contribution in [-0.2, 0) is 32.7 Å². The van der Waals surface area contributed by atoms with Gasteiger partial charge in [0.15, 0.2) is 11.5 Å². The molecule has 6 rings (SSSR count). The summed E-state index contributed by atoms with van der Waals surface area (Å²) in [6.45, 7) is 2.27. The van der Waals surface area contributed by atoms with Crippen molar-refractivity contribution in [3.8, 4) is 17.2 Å². The zero-order chi connectivity index (χ0) is 23.9. The highest BCUT2D eigenvalue weighted by Crippen LogP contribution is 2.44. The molecule has 1 aromatic heterocycles. The molecular formula is C30H34N2O4.